The number of hydrogen-bond acceptors (Lipinski definition) is 0. The molecule has 1 aliphatic carbocycles. The molecule has 0 radical (unpaired) electrons. The number of piperidine rings is 1. The first-order valence-electron chi connectivity index (χ1n) is 6.71. The molecular formula is C13H25FN+. The fourth-order valence-corrected chi connectivity index (χ4v) is 3.32. The molecule has 1 N–H and O–H groups in total. The summed E-state index contributed by atoms with van der Waals surface area (Å²) in [6.45, 7) is 6.41. The van der Waals surface area contributed by atoms with Crippen LogP contribution >= 0.6 is 0 Å². The van der Waals surface area contributed by atoms with E-state index in [0.717, 1.165) is 37.5 Å². The van der Waals surface area contributed by atoms with Crippen LogP contribution in [0.25, 0.3) is 0 Å². The lowest BCUT2D eigenvalue weighted by Crippen LogP contribution is -3.14. The molecule has 0 aromatic rings. The zero-order valence-corrected chi connectivity index (χ0v) is 9.97. The number of nitrogens with one attached hydrogen (secondary N) is 1. The number of rotatable bonds is 2. The Bertz CT molecular complexity index is 187. The maximum absolute atomic E-state index is 13.0. The van der Waals surface area contributed by atoms with Crippen molar-refractivity contribution in [3.05, 3.63) is 0 Å². The van der Waals surface area contributed by atoms with Gasteiger partial charge in [0.2, 0.25) is 0 Å². The molecule has 15 heavy (non-hydrogen) atoms. The van der Waals surface area contributed by atoms with Crippen molar-refractivity contribution in [3.8, 4) is 0 Å². The SMILES string of the molecule is CC1CCC[NH+](CC2CCC(F)CC2)C1. The van der Waals surface area contributed by atoms with Gasteiger partial charge in [0.1, 0.15) is 6.17 Å². The molecule has 88 valence electrons. The molecule has 2 aliphatic rings. The normalized spacial score (nSPS) is 42.8. The second-order valence-electron chi connectivity index (χ2n) is 5.77. The van der Waals surface area contributed by atoms with E-state index in [2.05, 4.69) is 6.92 Å². The molecule has 2 fully saturated rings. The summed E-state index contributed by atoms with van der Waals surface area (Å²) in [5, 5.41) is 0. The van der Waals surface area contributed by atoms with Gasteiger partial charge in [0.25, 0.3) is 0 Å². The van der Waals surface area contributed by atoms with Gasteiger partial charge in [-0.1, -0.05) is 6.92 Å². The quantitative estimate of drug-likeness (QED) is 0.715. The molecule has 0 bridgehead atoms. The van der Waals surface area contributed by atoms with E-state index in [9.17, 15) is 4.39 Å². The highest BCUT2D eigenvalue weighted by Gasteiger charge is 2.26. The van der Waals surface area contributed by atoms with Gasteiger partial charge in [-0.25, -0.2) is 4.39 Å². The Morgan fingerprint density at radius 3 is 2.53 bits per heavy atom. The zero-order chi connectivity index (χ0) is 10.7. The number of alkyl halides is 1. The Hall–Kier alpha value is -0.110. The van der Waals surface area contributed by atoms with Gasteiger partial charge < -0.3 is 4.90 Å². The molecule has 1 saturated carbocycles. The number of likely N-dealkylation sites (tertiary alicyclic amines) is 1. The van der Waals surface area contributed by atoms with Crippen molar-refractivity contribution >= 4 is 0 Å². The minimum atomic E-state index is -0.489. The lowest BCUT2D eigenvalue weighted by atomic mass is 9.87. The minimum Gasteiger partial charge on any atom is -0.334 e. The van der Waals surface area contributed by atoms with Crippen LogP contribution in [0.5, 0.6) is 0 Å². The second kappa shape index (κ2) is 5.29. The van der Waals surface area contributed by atoms with Crippen molar-refractivity contribution in [1.82, 2.24) is 0 Å². The molecule has 2 atom stereocenters. The summed E-state index contributed by atoms with van der Waals surface area (Å²) < 4.78 is 13.0. The van der Waals surface area contributed by atoms with E-state index in [-0.39, 0.29) is 0 Å². The highest BCUT2D eigenvalue weighted by Crippen LogP contribution is 2.25. The van der Waals surface area contributed by atoms with Gasteiger partial charge in [0, 0.05) is 11.8 Å². The standard InChI is InChI=1S/C13H24FN/c1-11-3-2-8-15(9-11)10-12-4-6-13(14)7-5-12/h11-13H,2-10H2,1H3/p+1. The molecule has 2 rings (SSSR count). The van der Waals surface area contributed by atoms with Crippen LogP contribution in [0.2, 0.25) is 0 Å². The summed E-state index contributed by atoms with van der Waals surface area (Å²) in [7, 11) is 0. The first-order valence-corrected chi connectivity index (χ1v) is 6.71. The maximum Gasteiger partial charge on any atom is 0.100 e. The topological polar surface area (TPSA) is 4.44 Å². The first kappa shape index (κ1) is 11.4. The van der Waals surface area contributed by atoms with Crippen molar-refractivity contribution in [2.24, 2.45) is 11.8 Å². The van der Waals surface area contributed by atoms with Crippen LogP contribution in [-0.2, 0) is 0 Å². The summed E-state index contributed by atoms with van der Waals surface area (Å²) in [6.07, 6.45) is 6.26. The van der Waals surface area contributed by atoms with E-state index in [0.29, 0.717) is 0 Å². The van der Waals surface area contributed by atoms with Gasteiger partial charge in [-0.2, -0.15) is 0 Å². The van der Waals surface area contributed by atoms with Crippen LogP contribution < -0.4 is 4.90 Å². The number of halogens is 1. The van der Waals surface area contributed by atoms with E-state index in [1.807, 2.05) is 0 Å². The minimum absolute atomic E-state index is 0.489. The van der Waals surface area contributed by atoms with E-state index in [1.54, 1.807) is 4.90 Å². The maximum atomic E-state index is 13.0. The summed E-state index contributed by atoms with van der Waals surface area (Å²) >= 11 is 0. The Morgan fingerprint density at radius 1 is 1.13 bits per heavy atom. The van der Waals surface area contributed by atoms with Crippen LogP contribution in [-0.4, -0.2) is 25.8 Å². The second-order valence-corrected chi connectivity index (χ2v) is 5.77. The van der Waals surface area contributed by atoms with E-state index < -0.39 is 6.17 Å². The monoisotopic (exact) mass is 214 g/mol. The van der Waals surface area contributed by atoms with Crippen LogP contribution in [0.1, 0.15) is 45.4 Å². The van der Waals surface area contributed by atoms with Crippen molar-refractivity contribution in [1.29, 1.82) is 0 Å². The molecule has 0 amide bonds. The van der Waals surface area contributed by atoms with E-state index in [4.69, 9.17) is 0 Å². The van der Waals surface area contributed by atoms with Gasteiger partial charge in [0.05, 0.1) is 19.6 Å². The highest BCUT2D eigenvalue weighted by atomic mass is 19.1. The van der Waals surface area contributed by atoms with Gasteiger partial charge in [0.15, 0.2) is 0 Å². The Kier molecular flexibility index (Phi) is 4.01. The number of hydrogen-bond donors (Lipinski definition) is 1. The molecule has 0 aromatic carbocycles. The van der Waals surface area contributed by atoms with Gasteiger partial charge in [-0.3, -0.25) is 0 Å². The first-order chi connectivity index (χ1) is 7.24. The molecule has 2 heteroatoms. The van der Waals surface area contributed by atoms with Crippen molar-refractivity contribution in [2.75, 3.05) is 19.6 Å². The van der Waals surface area contributed by atoms with E-state index >= 15 is 0 Å². The summed E-state index contributed by atoms with van der Waals surface area (Å²) in [5.41, 5.74) is 0. The molecule has 0 spiro atoms. The molecule has 1 nitrogen and oxygen atoms in total. The fourth-order valence-electron chi connectivity index (χ4n) is 3.32. The van der Waals surface area contributed by atoms with Gasteiger partial charge >= 0.3 is 0 Å². The third-order valence-corrected chi connectivity index (χ3v) is 4.22. The number of quaternary nitrogens is 1. The fraction of sp³-hybridized carbons (Fsp3) is 1.00. The third-order valence-electron chi connectivity index (χ3n) is 4.22. The van der Waals surface area contributed by atoms with Crippen molar-refractivity contribution < 1.29 is 9.29 Å². The van der Waals surface area contributed by atoms with Crippen LogP contribution in [0.3, 0.4) is 0 Å². The van der Waals surface area contributed by atoms with Gasteiger partial charge in [-0.05, 0) is 38.5 Å². The van der Waals surface area contributed by atoms with Gasteiger partial charge in [-0.15, -0.1) is 0 Å². The Morgan fingerprint density at radius 2 is 1.87 bits per heavy atom. The predicted molar refractivity (Wildman–Crippen MR) is 60.8 cm³/mol. The van der Waals surface area contributed by atoms with Crippen LogP contribution in [0.15, 0.2) is 0 Å². The Labute approximate surface area is 93.0 Å². The van der Waals surface area contributed by atoms with Crippen LogP contribution in [0.4, 0.5) is 4.39 Å². The molecule has 0 aromatic heterocycles. The van der Waals surface area contributed by atoms with Crippen molar-refractivity contribution in [2.45, 2.75) is 51.6 Å². The smallest absolute Gasteiger partial charge is 0.100 e. The third kappa shape index (κ3) is 3.44. The lowest BCUT2D eigenvalue weighted by Gasteiger charge is -2.32. The molecular weight excluding hydrogens is 189 g/mol. The molecule has 1 heterocycles. The lowest BCUT2D eigenvalue weighted by molar-refractivity contribution is -0.912. The average molecular weight is 214 g/mol. The van der Waals surface area contributed by atoms with Crippen molar-refractivity contribution in [3.63, 3.8) is 0 Å². The largest absolute Gasteiger partial charge is 0.334 e. The summed E-state index contributed by atoms with van der Waals surface area (Å²) in [5.74, 6) is 1.73. The average Bonchev–Trinajstić information content (AvgIpc) is 2.22. The summed E-state index contributed by atoms with van der Waals surface area (Å²) in [6, 6.07) is 0. The van der Waals surface area contributed by atoms with E-state index in [1.165, 1.54) is 32.5 Å². The van der Waals surface area contributed by atoms with Crippen LogP contribution in [0, 0.1) is 11.8 Å². The predicted octanol–water partition coefficient (Wildman–Crippen LogP) is 1.83. The molecule has 1 aliphatic heterocycles. The summed E-state index contributed by atoms with van der Waals surface area (Å²) in [4.78, 5) is 1.79. The Balaban J connectivity index is 1.71. The highest BCUT2D eigenvalue weighted by molar-refractivity contribution is 4.71. The molecule has 1 saturated heterocycles. The molecule has 2 unspecified atom stereocenters. The zero-order valence-electron chi connectivity index (χ0n) is 9.97.